The summed E-state index contributed by atoms with van der Waals surface area (Å²) < 4.78 is 0. The van der Waals surface area contributed by atoms with Gasteiger partial charge in [-0.25, -0.2) is 0 Å². The van der Waals surface area contributed by atoms with Crippen molar-refractivity contribution in [2.24, 2.45) is 0 Å². The number of hydrogen-bond acceptors (Lipinski definition) is 2. The van der Waals surface area contributed by atoms with E-state index in [-0.39, 0.29) is 0 Å². The van der Waals surface area contributed by atoms with Crippen LogP contribution in [0, 0.1) is 13.8 Å². The summed E-state index contributed by atoms with van der Waals surface area (Å²) in [4.78, 5) is 0. The summed E-state index contributed by atoms with van der Waals surface area (Å²) in [5.41, 5.74) is 24.3. The second-order valence-electron chi connectivity index (χ2n) is 10.4. The molecule has 4 aromatic carbocycles. The maximum Gasteiger partial charge on any atom is 0.0316 e. The van der Waals surface area contributed by atoms with Crippen molar-refractivity contribution in [2.45, 2.75) is 65.2 Å². The average Bonchev–Trinajstić information content (AvgIpc) is 2.87. The largest absolute Gasteiger partial charge is 0.399 e. The zero-order valence-corrected chi connectivity index (χ0v) is 22.2. The Balaban J connectivity index is 1.26. The highest BCUT2D eigenvalue weighted by molar-refractivity contribution is 5.48. The highest BCUT2D eigenvalue weighted by atomic mass is 14.5. The summed E-state index contributed by atoms with van der Waals surface area (Å²) in [6.45, 7) is 8.84. The lowest BCUT2D eigenvalue weighted by Gasteiger charge is -2.16. The molecule has 2 nitrogen and oxygen atoms in total. The van der Waals surface area contributed by atoms with Crippen LogP contribution in [0.4, 0.5) is 11.4 Å². The Bertz CT molecular complexity index is 1180. The van der Waals surface area contributed by atoms with Crippen molar-refractivity contribution in [3.8, 4) is 0 Å². The van der Waals surface area contributed by atoms with Crippen LogP contribution in [0.1, 0.15) is 83.0 Å². The minimum absolute atomic E-state index is 0.370. The summed E-state index contributed by atoms with van der Waals surface area (Å²) in [5.74, 6) is 0.739. The molecule has 2 unspecified atom stereocenters. The number of hydrogen-bond donors (Lipinski definition) is 2. The summed E-state index contributed by atoms with van der Waals surface area (Å²) in [6.07, 6.45) is 4.66. The van der Waals surface area contributed by atoms with Crippen molar-refractivity contribution in [3.05, 3.63) is 129 Å². The first kappa shape index (κ1) is 25.6. The third-order valence-electron chi connectivity index (χ3n) is 7.66. The predicted molar refractivity (Wildman–Crippen MR) is 156 cm³/mol. The number of rotatable bonds is 9. The van der Waals surface area contributed by atoms with Gasteiger partial charge < -0.3 is 11.5 Å². The van der Waals surface area contributed by atoms with Gasteiger partial charge in [-0.1, -0.05) is 74.5 Å². The maximum atomic E-state index is 5.93. The van der Waals surface area contributed by atoms with Crippen molar-refractivity contribution in [1.29, 1.82) is 0 Å². The number of nitrogen functional groups attached to an aromatic ring is 2. The van der Waals surface area contributed by atoms with E-state index in [2.05, 4.69) is 100 Å². The first-order valence-corrected chi connectivity index (χ1v) is 13.2. The van der Waals surface area contributed by atoms with Crippen LogP contribution in [0.3, 0.4) is 0 Å². The molecule has 2 atom stereocenters. The second kappa shape index (κ2) is 11.5. The molecule has 0 saturated heterocycles. The van der Waals surface area contributed by atoms with E-state index < -0.39 is 0 Å². The maximum absolute atomic E-state index is 5.93. The third kappa shape index (κ3) is 6.18. The van der Waals surface area contributed by atoms with E-state index in [0.717, 1.165) is 24.2 Å². The van der Waals surface area contributed by atoms with Crippen LogP contribution in [-0.2, 0) is 12.8 Å². The molecule has 0 heterocycles. The molecule has 186 valence electrons. The summed E-state index contributed by atoms with van der Waals surface area (Å²) in [7, 11) is 0. The minimum Gasteiger partial charge on any atom is -0.399 e. The van der Waals surface area contributed by atoms with Gasteiger partial charge in [0, 0.05) is 23.2 Å². The van der Waals surface area contributed by atoms with E-state index >= 15 is 0 Å². The molecule has 4 N–H and O–H groups in total. The van der Waals surface area contributed by atoms with Crippen molar-refractivity contribution < 1.29 is 0 Å². The van der Waals surface area contributed by atoms with Crippen LogP contribution in [0.15, 0.2) is 84.9 Å². The van der Waals surface area contributed by atoms with Gasteiger partial charge >= 0.3 is 0 Å². The van der Waals surface area contributed by atoms with E-state index in [1.165, 1.54) is 57.3 Å². The van der Waals surface area contributed by atoms with Crippen LogP contribution in [0.5, 0.6) is 0 Å². The van der Waals surface area contributed by atoms with Gasteiger partial charge in [0.05, 0.1) is 0 Å². The Hall–Kier alpha value is -3.52. The van der Waals surface area contributed by atoms with Gasteiger partial charge in [-0.2, -0.15) is 0 Å². The molecule has 4 aromatic rings. The smallest absolute Gasteiger partial charge is 0.0316 e. The molecular formula is C34H40N2. The molecule has 0 aliphatic rings. The van der Waals surface area contributed by atoms with E-state index in [0.29, 0.717) is 11.8 Å². The van der Waals surface area contributed by atoms with E-state index in [1.807, 2.05) is 12.1 Å². The van der Waals surface area contributed by atoms with Gasteiger partial charge in [0.1, 0.15) is 0 Å². The number of anilines is 2. The predicted octanol–water partition coefficient (Wildman–Crippen LogP) is 8.34. The average molecular weight is 477 g/mol. The standard InChI is InChI=1S/C34H40N2/c1-23-21-31(35)17-19-33(23)25(3)29-13-9-27(10-14-29)7-5-6-8-28-11-15-30(16-12-28)26(4)34-20-18-32(36)22-24(34)2/h9-22,25-26H,5-8,35-36H2,1-4H3. The highest BCUT2D eigenvalue weighted by Crippen LogP contribution is 2.29. The molecule has 36 heavy (non-hydrogen) atoms. The first-order chi connectivity index (χ1) is 17.3. The van der Waals surface area contributed by atoms with Crippen LogP contribution >= 0.6 is 0 Å². The fraction of sp³-hybridized carbons (Fsp3) is 0.294. The molecule has 0 aromatic heterocycles. The molecule has 0 saturated carbocycles. The molecule has 0 spiro atoms. The lowest BCUT2D eigenvalue weighted by atomic mass is 9.89. The lowest BCUT2D eigenvalue weighted by Crippen LogP contribution is -2.00. The fourth-order valence-electron chi connectivity index (χ4n) is 5.33. The molecule has 0 radical (unpaired) electrons. The monoisotopic (exact) mass is 476 g/mol. The number of aryl methyl sites for hydroxylation is 4. The third-order valence-corrected chi connectivity index (χ3v) is 7.66. The molecule has 4 rings (SSSR count). The van der Waals surface area contributed by atoms with Gasteiger partial charge in [-0.05, 0) is 108 Å². The topological polar surface area (TPSA) is 52.0 Å². The quantitative estimate of drug-likeness (QED) is 0.188. The van der Waals surface area contributed by atoms with Crippen LogP contribution in [0.25, 0.3) is 0 Å². The van der Waals surface area contributed by atoms with E-state index in [1.54, 1.807) is 0 Å². The highest BCUT2D eigenvalue weighted by Gasteiger charge is 2.12. The minimum atomic E-state index is 0.370. The van der Waals surface area contributed by atoms with E-state index in [9.17, 15) is 0 Å². The molecule has 0 aliphatic heterocycles. The summed E-state index contributed by atoms with van der Waals surface area (Å²) >= 11 is 0. The van der Waals surface area contributed by atoms with Crippen LogP contribution < -0.4 is 11.5 Å². The van der Waals surface area contributed by atoms with Crippen molar-refractivity contribution in [1.82, 2.24) is 0 Å². The Morgan fingerprint density at radius 2 is 0.889 bits per heavy atom. The van der Waals surface area contributed by atoms with Gasteiger partial charge in [-0.15, -0.1) is 0 Å². The zero-order chi connectivity index (χ0) is 25.7. The normalized spacial score (nSPS) is 12.9. The summed E-state index contributed by atoms with van der Waals surface area (Å²) in [5, 5.41) is 0. The summed E-state index contributed by atoms with van der Waals surface area (Å²) in [6, 6.07) is 30.8. The van der Waals surface area contributed by atoms with Gasteiger partial charge in [0.25, 0.3) is 0 Å². The van der Waals surface area contributed by atoms with Crippen molar-refractivity contribution in [2.75, 3.05) is 11.5 Å². The Labute approximate surface area is 217 Å². The zero-order valence-electron chi connectivity index (χ0n) is 22.2. The number of nitrogens with two attached hydrogens (primary N) is 2. The van der Waals surface area contributed by atoms with Crippen LogP contribution in [-0.4, -0.2) is 0 Å². The van der Waals surface area contributed by atoms with Crippen molar-refractivity contribution in [3.63, 3.8) is 0 Å². The molecule has 2 heteroatoms. The number of benzene rings is 4. The Morgan fingerprint density at radius 3 is 1.22 bits per heavy atom. The van der Waals surface area contributed by atoms with E-state index in [4.69, 9.17) is 11.5 Å². The van der Waals surface area contributed by atoms with Gasteiger partial charge in [0.15, 0.2) is 0 Å². The molecule has 0 fully saturated rings. The van der Waals surface area contributed by atoms with Gasteiger partial charge in [0.2, 0.25) is 0 Å². The molecular weight excluding hydrogens is 436 g/mol. The lowest BCUT2D eigenvalue weighted by molar-refractivity contribution is 0.733. The molecule has 0 bridgehead atoms. The van der Waals surface area contributed by atoms with Crippen LogP contribution in [0.2, 0.25) is 0 Å². The fourth-order valence-corrected chi connectivity index (χ4v) is 5.33. The molecule has 0 amide bonds. The SMILES string of the molecule is Cc1cc(N)ccc1C(C)c1ccc(CCCCc2ccc(C(C)c3ccc(N)cc3C)cc2)cc1. The molecule has 0 aliphatic carbocycles. The van der Waals surface area contributed by atoms with Gasteiger partial charge in [-0.3, -0.25) is 0 Å². The van der Waals surface area contributed by atoms with Crippen molar-refractivity contribution >= 4 is 11.4 Å². The first-order valence-electron chi connectivity index (χ1n) is 13.2. The number of unbranched alkanes of at least 4 members (excludes halogenated alkanes) is 1. The Kier molecular flexibility index (Phi) is 8.15. The Morgan fingerprint density at radius 1 is 0.528 bits per heavy atom. The second-order valence-corrected chi connectivity index (χ2v) is 10.4.